The number of para-hydroxylation sites is 1. The number of benzene rings is 2. The summed E-state index contributed by atoms with van der Waals surface area (Å²) in [4.78, 5) is 29.1. The summed E-state index contributed by atoms with van der Waals surface area (Å²) in [5.41, 5.74) is 3.45. The molecule has 1 aliphatic carbocycles. The molecule has 3 aromatic rings. The first-order valence-electron chi connectivity index (χ1n) is 13.2. The van der Waals surface area contributed by atoms with E-state index >= 15 is 0 Å². The Morgan fingerprint density at radius 1 is 1.03 bits per heavy atom. The smallest absolute Gasteiger partial charge is 0.269 e. The molecule has 1 aromatic heterocycles. The maximum Gasteiger partial charge on any atom is 0.269 e. The minimum absolute atomic E-state index is 0.120. The number of aryl methyl sites for hydroxylation is 1. The summed E-state index contributed by atoms with van der Waals surface area (Å²) < 4.78 is 0. The molecule has 8 heteroatoms. The van der Waals surface area contributed by atoms with Crippen LogP contribution in [0.2, 0.25) is 0 Å². The first-order valence-corrected chi connectivity index (χ1v) is 13.2. The number of hydrogen-bond acceptors (Lipinski definition) is 5. The Morgan fingerprint density at radius 2 is 1.81 bits per heavy atom. The summed E-state index contributed by atoms with van der Waals surface area (Å²) >= 11 is 0. The number of nitro benzene ring substituents is 1. The van der Waals surface area contributed by atoms with Crippen molar-refractivity contribution in [1.82, 2.24) is 15.6 Å². The maximum atomic E-state index is 12.9. The molecule has 1 saturated heterocycles. The largest absolute Gasteiger partial charge is 0.370 e. The van der Waals surface area contributed by atoms with Gasteiger partial charge in [0.05, 0.1) is 4.92 Å². The molecule has 36 heavy (non-hydrogen) atoms. The van der Waals surface area contributed by atoms with E-state index in [1.165, 1.54) is 17.4 Å². The number of rotatable bonds is 8. The fourth-order valence-electron chi connectivity index (χ4n) is 5.80. The maximum absolute atomic E-state index is 12.9. The van der Waals surface area contributed by atoms with Crippen LogP contribution in [0.3, 0.4) is 0 Å². The predicted molar refractivity (Wildman–Crippen MR) is 142 cm³/mol. The summed E-state index contributed by atoms with van der Waals surface area (Å²) in [5, 5.41) is 19.4. The molecule has 1 aliphatic heterocycles. The van der Waals surface area contributed by atoms with E-state index < -0.39 is 0 Å². The first kappa shape index (κ1) is 24.3. The molecule has 8 nitrogen and oxygen atoms in total. The number of carbonyl (C=O) groups is 1. The molecule has 2 fully saturated rings. The Kier molecular flexibility index (Phi) is 7.51. The number of H-pyrrole nitrogens is 1. The van der Waals surface area contributed by atoms with Crippen molar-refractivity contribution >= 4 is 28.2 Å². The number of piperidine rings is 1. The number of nitro groups is 1. The van der Waals surface area contributed by atoms with E-state index in [1.54, 1.807) is 12.1 Å². The highest BCUT2D eigenvalue weighted by molar-refractivity contribution is 5.84. The lowest BCUT2D eigenvalue weighted by Crippen LogP contribution is -2.57. The lowest BCUT2D eigenvalue weighted by atomic mass is 9.88. The van der Waals surface area contributed by atoms with E-state index in [4.69, 9.17) is 0 Å². The van der Waals surface area contributed by atoms with Gasteiger partial charge in [-0.3, -0.25) is 14.9 Å². The summed E-state index contributed by atoms with van der Waals surface area (Å²) in [6, 6.07) is 15.8. The number of amides is 1. The van der Waals surface area contributed by atoms with Gasteiger partial charge in [0.2, 0.25) is 5.91 Å². The average Bonchev–Trinajstić information content (AvgIpc) is 3.32. The van der Waals surface area contributed by atoms with Gasteiger partial charge in [0.25, 0.3) is 5.69 Å². The summed E-state index contributed by atoms with van der Waals surface area (Å²) in [6.45, 7) is 1.82. The van der Waals surface area contributed by atoms with Crippen LogP contribution in [-0.4, -0.2) is 47.0 Å². The van der Waals surface area contributed by atoms with Crippen molar-refractivity contribution in [3.8, 4) is 0 Å². The van der Waals surface area contributed by atoms with Crippen LogP contribution in [0, 0.1) is 10.1 Å². The number of aromatic amines is 1. The van der Waals surface area contributed by atoms with Crippen LogP contribution in [-0.2, 0) is 11.2 Å². The van der Waals surface area contributed by atoms with Gasteiger partial charge in [-0.25, -0.2) is 0 Å². The summed E-state index contributed by atoms with van der Waals surface area (Å²) in [6.07, 6.45) is 9.81. The lowest BCUT2D eigenvalue weighted by molar-refractivity contribution is -0.384. The van der Waals surface area contributed by atoms with Crippen LogP contribution in [0.1, 0.15) is 50.5 Å². The quantitative estimate of drug-likeness (QED) is 0.315. The number of carbonyl (C=O) groups excluding carboxylic acids is 1. The topological polar surface area (TPSA) is 103 Å². The fourth-order valence-corrected chi connectivity index (χ4v) is 5.80. The SMILES string of the molecule is O=C(CCc1c[nH]c2ccccc12)N[C@@H]1CCCC[C@H]1N[C@H]1CCCN(c2ccc([N+](=O)[O-])cc2)C1. The number of non-ortho nitro benzene ring substituents is 1. The van der Waals surface area contributed by atoms with E-state index in [-0.39, 0.29) is 28.6 Å². The van der Waals surface area contributed by atoms with Crippen molar-refractivity contribution in [2.45, 2.75) is 69.5 Å². The van der Waals surface area contributed by atoms with Crippen LogP contribution in [0.5, 0.6) is 0 Å². The number of fused-ring (bicyclic) bond motifs is 1. The molecule has 1 saturated carbocycles. The Labute approximate surface area is 211 Å². The van der Waals surface area contributed by atoms with Crippen molar-refractivity contribution in [2.75, 3.05) is 18.0 Å². The van der Waals surface area contributed by atoms with Gasteiger partial charge < -0.3 is 20.5 Å². The molecule has 1 amide bonds. The first-order chi connectivity index (χ1) is 17.6. The highest BCUT2D eigenvalue weighted by atomic mass is 16.6. The molecular weight excluding hydrogens is 454 g/mol. The number of hydrogen-bond donors (Lipinski definition) is 3. The zero-order valence-electron chi connectivity index (χ0n) is 20.6. The van der Waals surface area contributed by atoms with Gasteiger partial charge in [-0.1, -0.05) is 31.0 Å². The second kappa shape index (κ2) is 11.1. The standard InChI is InChI=1S/C28H35N5O3/c34-28(16-11-20-18-29-25-8-2-1-7-24(20)25)31-27-10-4-3-9-26(27)30-21-6-5-17-32(19-21)22-12-14-23(15-13-22)33(35)36/h1-2,7-8,12-15,18,21,26-27,29-30H,3-6,9-11,16-17,19H2,(H,31,34)/t21-,26+,27+/m0/s1. The molecule has 3 atom stereocenters. The second-order valence-electron chi connectivity index (χ2n) is 10.1. The van der Waals surface area contributed by atoms with E-state index in [0.717, 1.165) is 62.8 Å². The summed E-state index contributed by atoms with van der Waals surface area (Å²) in [5.74, 6) is 0.120. The highest BCUT2D eigenvalue weighted by Gasteiger charge is 2.30. The van der Waals surface area contributed by atoms with Gasteiger partial charge in [0, 0.05) is 72.6 Å². The average molecular weight is 490 g/mol. The van der Waals surface area contributed by atoms with Gasteiger partial charge in [-0.05, 0) is 55.9 Å². The van der Waals surface area contributed by atoms with Gasteiger partial charge in [0.15, 0.2) is 0 Å². The fraction of sp³-hybridized carbons (Fsp3) is 0.464. The molecule has 0 unspecified atom stereocenters. The minimum atomic E-state index is -0.359. The van der Waals surface area contributed by atoms with Crippen molar-refractivity contribution in [3.63, 3.8) is 0 Å². The Balaban J connectivity index is 1.15. The number of nitrogens with one attached hydrogen (secondary N) is 3. The third kappa shape index (κ3) is 5.70. The van der Waals surface area contributed by atoms with Crippen LogP contribution in [0.4, 0.5) is 11.4 Å². The van der Waals surface area contributed by atoms with Crippen LogP contribution in [0.25, 0.3) is 10.9 Å². The summed E-state index contributed by atoms with van der Waals surface area (Å²) in [7, 11) is 0. The van der Waals surface area contributed by atoms with Gasteiger partial charge in [-0.15, -0.1) is 0 Å². The molecule has 0 radical (unpaired) electrons. The normalized spacial score (nSPS) is 22.4. The molecule has 5 rings (SSSR count). The van der Waals surface area contributed by atoms with E-state index in [1.807, 2.05) is 30.5 Å². The zero-order chi connectivity index (χ0) is 24.9. The number of aromatic nitrogens is 1. The molecule has 2 aliphatic rings. The van der Waals surface area contributed by atoms with E-state index in [2.05, 4.69) is 32.7 Å². The van der Waals surface area contributed by atoms with Crippen LogP contribution in [0.15, 0.2) is 54.7 Å². The second-order valence-corrected chi connectivity index (χ2v) is 10.1. The Hall–Kier alpha value is -3.39. The van der Waals surface area contributed by atoms with Gasteiger partial charge in [-0.2, -0.15) is 0 Å². The minimum Gasteiger partial charge on any atom is -0.370 e. The number of nitrogens with zero attached hydrogens (tertiary/aromatic N) is 2. The van der Waals surface area contributed by atoms with E-state index in [0.29, 0.717) is 12.5 Å². The Morgan fingerprint density at radius 3 is 2.61 bits per heavy atom. The molecule has 0 bridgehead atoms. The van der Waals surface area contributed by atoms with Crippen molar-refractivity contribution in [1.29, 1.82) is 0 Å². The predicted octanol–water partition coefficient (Wildman–Crippen LogP) is 4.69. The lowest BCUT2D eigenvalue weighted by Gasteiger charge is -2.40. The molecule has 2 aromatic carbocycles. The molecule has 0 spiro atoms. The third-order valence-electron chi connectivity index (χ3n) is 7.71. The zero-order valence-corrected chi connectivity index (χ0v) is 20.6. The van der Waals surface area contributed by atoms with Crippen LogP contribution < -0.4 is 15.5 Å². The molecule has 2 heterocycles. The highest BCUT2D eigenvalue weighted by Crippen LogP contribution is 2.25. The van der Waals surface area contributed by atoms with Gasteiger partial charge in [0.1, 0.15) is 0 Å². The van der Waals surface area contributed by atoms with Crippen molar-refractivity contribution in [2.24, 2.45) is 0 Å². The molecule has 3 N–H and O–H groups in total. The van der Waals surface area contributed by atoms with Crippen molar-refractivity contribution < 1.29 is 9.72 Å². The monoisotopic (exact) mass is 489 g/mol. The van der Waals surface area contributed by atoms with Gasteiger partial charge >= 0.3 is 0 Å². The van der Waals surface area contributed by atoms with Crippen molar-refractivity contribution in [3.05, 3.63) is 70.4 Å². The number of anilines is 1. The van der Waals surface area contributed by atoms with E-state index in [9.17, 15) is 14.9 Å². The third-order valence-corrected chi connectivity index (χ3v) is 7.71. The van der Waals surface area contributed by atoms with Crippen LogP contribution >= 0.6 is 0 Å². The Bertz CT molecular complexity index is 1190. The molecular formula is C28H35N5O3. The molecule has 190 valence electrons.